The molecule has 0 radical (unpaired) electrons. The molecule has 4 atom stereocenters. The van der Waals surface area contributed by atoms with Crippen molar-refractivity contribution in [3.63, 3.8) is 0 Å². The number of amides is 2. The van der Waals surface area contributed by atoms with Gasteiger partial charge in [0, 0.05) is 44.7 Å². The summed E-state index contributed by atoms with van der Waals surface area (Å²) in [5.74, 6) is -0.762. The van der Waals surface area contributed by atoms with Crippen LogP contribution in [-0.2, 0) is 29.5 Å². The number of benzene rings is 2. The zero-order valence-electron chi connectivity index (χ0n) is 33.5. The van der Waals surface area contributed by atoms with Gasteiger partial charge in [-0.2, -0.15) is 0 Å². The van der Waals surface area contributed by atoms with Crippen molar-refractivity contribution in [1.82, 2.24) is 20.0 Å². The molecule has 4 heterocycles. The number of anilines is 1. The molecule has 2 amide bonds. The number of hydrogen-bond acceptors (Lipinski definition) is 9. The minimum Gasteiger partial charge on any atom is -0.453 e. The Bertz CT molecular complexity index is 1880. The van der Waals surface area contributed by atoms with E-state index >= 15 is 8.78 Å². The van der Waals surface area contributed by atoms with E-state index in [4.69, 9.17) is 9.47 Å². The topological polar surface area (TPSA) is 112 Å². The van der Waals surface area contributed by atoms with Crippen LogP contribution in [0.4, 0.5) is 19.3 Å². The van der Waals surface area contributed by atoms with Crippen LogP contribution in [-0.4, -0.2) is 132 Å². The molecule has 2 aromatic carbocycles. The number of hydrogen-bond donors (Lipinski definition) is 1. The molecule has 4 aliphatic heterocycles. The number of likely N-dealkylation sites (tertiary alicyclic amines) is 3. The molecule has 1 N–H and O–H groups in total. The molecule has 57 heavy (non-hydrogen) atoms. The lowest BCUT2D eigenvalue weighted by molar-refractivity contribution is -0.125. The van der Waals surface area contributed by atoms with Gasteiger partial charge in [0.15, 0.2) is 9.84 Å². The number of carbonyl (C=O) groups is 2. The van der Waals surface area contributed by atoms with Gasteiger partial charge in [0.05, 0.1) is 36.0 Å². The van der Waals surface area contributed by atoms with E-state index in [1.807, 2.05) is 11.0 Å². The van der Waals surface area contributed by atoms with Crippen LogP contribution in [0, 0.1) is 23.5 Å². The average molecular weight is 812 g/mol. The zero-order chi connectivity index (χ0) is 40.4. The molecule has 0 bridgehead atoms. The van der Waals surface area contributed by atoms with Crippen LogP contribution >= 0.6 is 0 Å². The van der Waals surface area contributed by atoms with Crippen LogP contribution in [0.5, 0.6) is 0 Å². The minimum absolute atomic E-state index is 0.0637. The Morgan fingerprint density at radius 2 is 1.70 bits per heavy atom. The summed E-state index contributed by atoms with van der Waals surface area (Å²) < 4.78 is 69.4. The molecule has 0 spiro atoms. The first-order chi connectivity index (χ1) is 27.4. The zero-order valence-corrected chi connectivity index (χ0v) is 34.3. The largest absolute Gasteiger partial charge is 0.453 e. The lowest BCUT2D eigenvalue weighted by Gasteiger charge is -2.55. The van der Waals surface area contributed by atoms with Crippen molar-refractivity contribution in [2.24, 2.45) is 11.8 Å². The monoisotopic (exact) mass is 811 g/mol. The molecular formula is C43H59F2N5O6S. The number of alkyl carbamates (subject to hydrolysis) is 1. The Morgan fingerprint density at radius 3 is 2.35 bits per heavy atom. The van der Waals surface area contributed by atoms with E-state index in [2.05, 4.69) is 27.8 Å². The van der Waals surface area contributed by atoms with Gasteiger partial charge in [-0.3, -0.25) is 4.79 Å². The highest BCUT2D eigenvalue weighted by molar-refractivity contribution is 7.92. The number of rotatable bonds is 13. The predicted molar refractivity (Wildman–Crippen MR) is 215 cm³/mol. The molecule has 2 aromatic rings. The van der Waals surface area contributed by atoms with Crippen molar-refractivity contribution in [2.75, 3.05) is 84.6 Å². The summed E-state index contributed by atoms with van der Waals surface area (Å²) in [5, 5.41) is 2.35. The normalized spacial score (nSPS) is 25.8. The Morgan fingerprint density at radius 1 is 0.930 bits per heavy atom. The molecule has 7 rings (SSSR count). The highest BCUT2D eigenvalue weighted by Crippen LogP contribution is 2.52. The van der Waals surface area contributed by atoms with Crippen LogP contribution in [0.15, 0.2) is 60.0 Å². The fraction of sp³-hybridized carbons (Fsp3) is 0.628. The van der Waals surface area contributed by atoms with Crippen LogP contribution in [0.1, 0.15) is 63.4 Å². The summed E-state index contributed by atoms with van der Waals surface area (Å²) in [6.07, 6.45) is 8.30. The van der Waals surface area contributed by atoms with E-state index in [0.717, 1.165) is 82.9 Å². The fourth-order valence-electron chi connectivity index (χ4n) is 10.7. The molecule has 14 heteroatoms. The summed E-state index contributed by atoms with van der Waals surface area (Å²) in [6, 6.07) is 11.2. The minimum atomic E-state index is -3.88. The second kappa shape index (κ2) is 17.3. The first kappa shape index (κ1) is 41.6. The number of methoxy groups -OCH3 is 2. The molecule has 5 aliphatic rings. The first-order valence-corrected chi connectivity index (χ1v) is 22.3. The molecule has 1 aliphatic carbocycles. The third-order valence-corrected chi connectivity index (χ3v) is 16.0. The van der Waals surface area contributed by atoms with Gasteiger partial charge in [0.1, 0.15) is 17.2 Å². The highest BCUT2D eigenvalue weighted by Gasteiger charge is 2.54. The van der Waals surface area contributed by atoms with Gasteiger partial charge in [-0.05, 0) is 125 Å². The van der Waals surface area contributed by atoms with E-state index in [9.17, 15) is 18.0 Å². The van der Waals surface area contributed by atoms with Gasteiger partial charge in [-0.15, -0.1) is 0 Å². The van der Waals surface area contributed by atoms with Crippen LogP contribution in [0.2, 0.25) is 0 Å². The number of carbonyl (C=O) groups excluding carboxylic acids is 2. The Kier molecular flexibility index (Phi) is 12.6. The number of nitrogens with one attached hydrogen (secondary N) is 1. The predicted octanol–water partition coefficient (Wildman–Crippen LogP) is 5.39. The summed E-state index contributed by atoms with van der Waals surface area (Å²) in [6.45, 7) is 10.2. The fourth-order valence-corrected chi connectivity index (χ4v) is 12.4. The number of ether oxygens (including phenoxy) is 2. The van der Waals surface area contributed by atoms with Crippen molar-refractivity contribution < 1.29 is 36.3 Å². The number of piperidine rings is 1. The van der Waals surface area contributed by atoms with Gasteiger partial charge in [0.2, 0.25) is 5.91 Å². The van der Waals surface area contributed by atoms with Gasteiger partial charge in [0.25, 0.3) is 0 Å². The van der Waals surface area contributed by atoms with Gasteiger partial charge in [-0.1, -0.05) is 31.6 Å². The van der Waals surface area contributed by atoms with E-state index < -0.39 is 32.6 Å². The lowest BCUT2D eigenvalue weighted by Crippen LogP contribution is -2.68. The van der Waals surface area contributed by atoms with Gasteiger partial charge < -0.3 is 34.4 Å². The summed E-state index contributed by atoms with van der Waals surface area (Å²) in [7, 11) is -0.791. The molecule has 0 unspecified atom stereocenters. The van der Waals surface area contributed by atoms with E-state index in [1.54, 1.807) is 19.2 Å². The van der Waals surface area contributed by atoms with Crippen LogP contribution < -0.4 is 10.2 Å². The maximum atomic E-state index is 15.8. The molecule has 4 saturated heterocycles. The maximum absolute atomic E-state index is 15.8. The molecule has 5 fully saturated rings. The van der Waals surface area contributed by atoms with Crippen molar-refractivity contribution in [3.05, 3.63) is 72.3 Å². The summed E-state index contributed by atoms with van der Waals surface area (Å²) in [5.41, 5.74) is 0.462. The van der Waals surface area contributed by atoms with Crippen molar-refractivity contribution >= 4 is 27.5 Å². The molecule has 11 nitrogen and oxygen atoms in total. The lowest BCUT2D eigenvalue weighted by atomic mass is 9.57. The average Bonchev–Trinajstić information content (AvgIpc) is 3.48. The maximum Gasteiger partial charge on any atom is 0.407 e. The third-order valence-electron chi connectivity index (χ3n) is 13.8. The summed E-state index contributed by atoms with van der Waals surface area (Å²) >= 11 is 0. The number of nitrogens with zero attached hydrogens (tertiary/aromatic N) is 4. The number of halogens is 2. The quantitative estimate of drug-likeness (QED) is 0.267. The molecule has 312 valence electrons. The molecule has 1 saturated carbocycles. The second-order valence-electron chi connectivity index (χ2n) is 17.0. The van der Waals surface area contributed by atoms with E-state index in [1.165, 1.54) is 30.2 Å². The molecular weight excluding hydrogens is 753 g/mol. The van der Waals surface area contributed by atoms with E-state index in [0.29, 0.717) is 51.1 Å². The summed E-state index contributed by atoms with van der Waals surface area (Å²) in [4.78, 5) is 33.1. The van der Waals surface area contributed by atoms with Gasteiger partial charge >= 0.3 is 6.09 Å². The van der Waals surface area contributed by atoms with Crippen LogP contribution in [0.3, 0.4) is 0 Å². The third kappa shape index (κ3) is 8.47. The van der Waals surface area contributed by atoms with Gasteiger partial charge in [-0.25, -0.2) is 22.0 Å². The Hall–Kier alpha value is -3.59. The molecule has 0 aromatic heterocycles. The van der Waals surface area contributed by atoms with Crippen molar-refractivity contribution in [1.29, 1.82) is 0 Å². The van der Waals surface area contributed by atoms with Crippen molar-refractivity contribution in [2.45, 2.75) is 85.0 Å². The van der Waals surface area contributed by atoms with E-state index in [-0.39, 0.29) is 46.5 Å². The number of sulfone groups is 1. The Labute approximate surface area is 336 Å². The SMILES string of the molecule is C=CC(=O)N1CCCC[C@H](S(=O)(=O)c2ccc(N3CC(CN4CCC([C@@](CN5CCC5)(c5cccc(F)c5)[C@H]5CCC[C@@H]5NC(=O)OC)CC4)(OC)C3)c(F)c2)C1. The van der Waals surface area contributed by atoms with Crippen molar-refractivity contribution in [3.8, 4) is 0 Å². The van der Waals surface area contributed by atoms with Crippen LogP contribution in [0.25, 0.3) is 0 Å². The first-order valence-electron chi connectivity index (χ1n) is 20.7. The standard InChI is InChI=1S/C43H59F2N5O6S/c1-4-40(51)49-21-6-5-12-35(26-49)57(53,54)34-15-16-39(37(45)25-34)50-28-42(29-50,56-3)27-48-22-17-31(18-23-48)43(30-47-19-9-20-47,32-10-7-11-33(44)24-32)36-13-8-14-38(36)46-41(52)55-2/h4,7,10-11,15-16,24-25,31,35-36,38H,1,5-6,8-9,12-14,17-23,26-30H2,2-3H3,(H,46,52)/t35-,36-,38-,43-/m0/s1. The smallest absolute Gasteiger partial charge is 0.407 e. The highest BCUT2D eigenvalue weighted by atomic mass is 32.2. The second-order valence-corrected chi connectivity index (χ2v) is 19.2. The Balaban J connectivity index is 1.03.